The van der Waals surface area contributed by atoms with Crippen molar-refractivity contribution < 1.29 is 13.9 Å². The molecular weight excluding hydrogens is 273 g/mol. The maximum Gasteiger partial charge on any atom is 0.323 e. The van der Waals surface area contributed by atoms with Crippen molar-refractivity contribution in [2.75, 3.05) is 11.9 Å². The lowest BCUT2D eigenvalue weighted by molar-refractivity contribution is 0.209. The molecule has 3 rings (SSSR count). The Morgan fingerprint density at radius 3 is 2.90 bits per heavy atom. The highest BCUT2D eigenvalue weighted by Gasteiger charge is 2.25. The third-order valence-corrected chi connectivity index (χ3v) is 3.31. The quantitative estimate of drug-likeness (QED) is 0.941. The van der Waals surface area contributed by atoms with Crippen molar-refractivity contribution in [3.05, 3.63) is 47.9 Å². The van der Waals surface area contributed by atoms with Crippen LogP contribution in [0.4, 0.5) is 15.0 Å². The number of ether oxygens (including phenoxy) is 1. The fourth-order valence-corrected chi connectivity index (χ4v) is 2.18. The van der Waals surface area contributed by atoms with Crippen LogP contribution in [0.25, 0.3) is 0 Å². The fraction of sp³-hybridized carbons (Fsp3) is 0.200. The topological polar surface area (TPSA) is 54.5 Å². The molecule has 5 nitrogen and oxygen atoms in total. The number of anilines is 1. The van der Waals surface area contributed by atoms with E-state index in [-0.39, 0.29) is 11.8 Å². The first kappa shape index (κ1) is 13.4. The third kappa shape index (κ3) is 2.52. The molecule has 1 aromatic heterocycles. The number of urea groups is 1. The molecule has 0 unspecified atom stereocenters. The Bertz CT molecular complexity index is 690. The molecule has 6 heteroatoms. The first-order valence-corrected chi connectivity index (χ1v) is 6.65. The van der Waals surface area contributed by atoms with Crippen LogP contribution in [-0.2, 0) is 6.54 Å². The van der Waals surface area contributed by atoms with E-state index in [4.69, 9.17) is 4.74 Å². The highest BCUT2D eigenvalue weighted by Crippen LogP contribution is 2.33. The highest BCUT2D eigenvalue weighted by molar-refractivity contribution is 5.91. The highest BCUT2D eigenvalue weighted by atomic mass is 19.1. The molecule has 1 aliphatic heterocycles. The summed E-state index contributed by atoms with van der Waals surface area (Å²) in [6, 6.07) is 7.66. The molecule has 2 aromatic rings. The number of nitrogens with one attached hydrogen (secondary N) is 1. The Balaban J connectivity index is 1.96. The lowest BCUT2D eigenvalue weighted by atomic mass is 10.2. The number of hydrogen-bond acceptors (Lipinski definition) is 3. The molecule has 21 heavy (non-hydrogen) atoms. The van der Waals surface area contributed by atoms with E-state index in [0.717, 1.165) is 5.56 Å². The Morgan fingerprint density at radius 1 is 1.33 bits per heavy atom. The van der Waals surface area contributed by atoms with Gasteiger partial charge in [-0.15, -0.1) is 0 Å². The summed E-state index contributed by atoms with van der Waals surface area (Å²) >= 11 is 0. The zero-order valence-electron chi connectivity index (χ0n) is 11.5. The predicted octanol–water partition coefficient (Wildman–Crippen LogP) is 3.38. The molecule has 0 saturated carbocycles. The smallest absolute Gasteiger partial charge is 0.323 e. The van der Waals surface area contributed by atoms with Crippen LogP contribution in [0.3, 0.4) is 0 Å². The molecule has 0 bridgehead atoms. The monoisotopic (exact) mass is 287 g/mol. The van der Waals surface area contributed by atoms with Crippen molar-refractivity contribution in [3.63, 3.8) is 0 Å². The predicted molar refractivity (Wildman–Crippen MR) is 75.8 cm³/mol. The summed E-state index contributed by atoms with van der Waals surface area (Å²) in [7, 11) is 0. The van der Waals surface area contributed by atoms with Crippen LogP contribution in [0.1, 0.15) is 12.5 Å². The van der Waals surface area contributed by atoms with Gasteiger partial charge in [0.2, 0.25) is 0 Å². The van der Waals surface area contributed by atoms with Gasteiger partial charge in [0.05, 0.1) is 12.1 Å². The van der Waals surface area contributed by atoms with E-state index in [1.54, 1.807) is 29.2 Å². The lowest BCUT2D eigenvalue weighted by Gasteiger charge is -2.28. The molecule has 0 aliphatic carbocycles. The number of fused-ring (bicyclic) bond motifs is 1. The average Bonchev–Trinajstić information content (AvgIpc) is 2.49. The largest absolute Gasteiger partial charge is 0.454 e. The van der Waals surface area contributed by atoms with Gasteiger partial charge in [-0.05, 0) is 25.1 Å². The molecule has 1 aliphatic rings. The van der Waals surface area contributed by atoms with Crippen LogP contribution in [0, 0.1) is 5.82 Å². The molecule has 0 atom stereocenters. The summed E-state index contributed by atoms with van der Waals surface area (Å²) in [5.41, 5.74) is 0.738. The molecule has 108 valence electrons. The van der Waals surface area contributed by atoms with Gasteiger partial charge in [0, 0.05) is 12.7 Å². The first-order valence-electron chi connectivity index (χ1n) is 6.65. The zero-order valence-corrected chi connectivity index (χ0v) is 11.5. The minimum Gasteiger partial charge on any atom is -0.454 e. The number of amides is 2. The van der Waals surface area contributed by atoms with Gasteiger partial charge < -0.3 is 9.64 Å². The summed E-state index contributed by atoms with van der Waals surface area (Å²) in [4.78, 5) is 17.5. The number of aromatic nitrogens is 1. The minimum atomic E-state index is -0.435. The van der Waals surface area contributed by atoms with Gasteiger partial charge >= 0.3 is 6.03 Å². The van der Waals surface area contributed by atoms with E-state index in [1.807, 2.05) is 6.92 Å². The van der Waals surface area contributed by atoms with Gasteiger partial charge in [-0.1, -0.05) is 12.1 Å². The number of benzene rings is 1. The number of nitrogens with zero attached hydrogens (tertiary/aromatic N) is 2. The van der Waals surface area contributed by atoms with Crippen molar-refractivity contribution in [3.8, 4) is 11.5 Å². The number of carbonyl (C=O) groups is 1. The Kier molecular flexibility index (Phi) is 3.43. The second-order valence-corrected chi connectivity index (χ2v) is 4.61. The second-order valence-electron chi connectivity index (χ2n) is 4.61. The summed E-state index contributed by atoms with van der Waals surface area (Å²) in [6.45, 7) is 2.84. The molecule has 0 radical (unpaired) electrons. The molecule has 0 saturated heterocycles. The van der Waals surface area contributed by atoms with Crippen molar-refractivity contribution in [2.24, 2.45) is 0 Å². The molecule has 2 amide bonds. The minimum absolute atomic E-state index is 0.144. The molecule has 1 N–H and O–H groups in total. The molecule has 1 aromatic carbocycles. The maximum atomic E-state index is 13.7. The molecule has 0 fully saturated rings. The van der Waals surface area contributed by atoms with Gasteiger partial charge in [0.25, 0.3) is 0 Å². The van der Waals surface area contributed by atoms with Crippen LogP contribution >= 0.6 is 0 Å². The van der Waals surface area contributed by atoms with Gasteiger partial charge in [0.1, 0.15) is 11.6 Å². The van der Waals surface area contributed by atoms with Crippen molar-refractivity contribution in [1.29, 1.82) is 0 Å². The number of hydrogen-bond donors (Lipinski definition) is 1. The van der Waals surface area contributed by atoms with E-state index < -0.39 is 5.82 Å². The average molecular weight is 287 g/mol. The molecular formula is C15H14FN3O2. The summed E-state index contributed by atoms with van der Waals surface area (Å²) in [6.07, 6.45) is 1.52. The van der Waals surface area contributed by atoms with Gasteiger partial charge in [-0.3, -0.25) is 5.32 Å². The normalized spacial score (nSPS) is 13.6. The Hall–Kier alpha value is -2.63. The van der Waals surface area contributed by atoms with Crippen molar-refractivity contribution >= 4 is 11.8 Å². The number of para-hydroxylation sites is 1. The number of pyridine rings is 1. The van der Waals surface area contributed by atoms with Crippen LogP contribution in [-0.4, -0.2) is 22.5 Å². The van der Waals surface area contributed by atoms with E-state index in [9.17, 15) is 9.18 Å². The summed E-state index contributed by atoms with van der Waals surface area (Å²) in [5, 5.41) is 2.70. The summed E-state index contributed by atoms with van der Waals surface area (Å²) < 4.78 is 19.3. The Morgan fingerprint density at radius 2 is 2.14 bits per heavy atom. The fourth-order valence-electron chi connectivity index (χ4n) is 2.18. The van der Waals surface area contributed by atoms with E-state index in [2.05, 4.69) is 10.3 Å². The Labute approximate surface area is 121 Å². The van der Waals surface area contributed by atoms with Crippen molar-refractivity contribution in [2.45, 2.75) is 13.5 Å². The number of carbonyl (C=O) groups excluding carboxylic acids is 1. The van der Waals surface area contributed by atoms with E-state index in [0.29, 0.717) is 24.7 Å². The zero-order chi connectivity index (χ0) is 14.8. The molecule has 2 heterocycles. The number of halogens is 1. The van der Waals surface area contributed by atoms with E-state index >= 15 is 0 Å². The lowest BCUT2D eigenvalue weighted by Crippen LogP contribution is -2.38. The third-order valence-electron chi connectivity index (χ3n) is 3.31. The van der Waals surface area contributed by atoms with Gasteiger partial charge in [-0.25, -0.2) is 14.2 Å². The second kappa shape index (κ2) is 5.40. The van der Waals surface area contributed by atoms with Crippen LogP contribution in [0.5, 0.6) is 11.5 Å². The van der Waals surface area contributed by atoms with Gasteiger partial charge in [0.15, 0.2) is 11.6 Å². The molecule has 0 spiro atoms. The SMILES string of the molecule is CCN1Cc2c(Oc3ccccc3F)ccnc2NC1=O. The van der Waals surface area contributed by atoms with Gasteiger partial charge in [-0.2, -0.15) is 0 Å². The van der Waals surface area contributed by atoms with Crippen molar-refractivity contribution in [1.82, 2.24) is 9.88 Å². The van der Waals surface area contributed by atoms with Crippen LogP contribution in [0.2, 0.25) is 0 Å². The van der Waals surface area contributed by atoms with Crippen LogP contribution < -0.4 is 10.1 Å². The summed E-state index contributed by atoms with van der Waals surface area (Å²) in [5.74, 6) is 0.656. The first-order chi connectivity index (χ1) is 10.2. The standard InChI is InChI=1S/C15H14FN3O2/c1-2-19-9-10-12(7-8-17-14(10)18-15(19)20)21-13-6-4-3-5-11(13)16/h3-8H,2,9H2,1H3,(H,17,18,20). The maximum absolute atomic E-state index is 13.7. The number of rotatable bonds is 3. The van der Waals surface area contributed by atoms with Crippen LogP contribution in [0.15, 0.2) is 36.5 Å². The van der Waals surface area contributed by atoms with E-state index in [1.165, 1.54) is 12.3 Å².